The van der Waals surface area contributed by atoms with Crippen molar-refractivity contribution in [2.75, 3.05) is 24.3 Å². The minimum Gasteiger partial charge on any atom is -0.495 e. The van der Waals surface area contributed by atoms with E-state index in [4.69, 9.17) is 31.0 Å². The number of hydrogen-bond donors (Lipinski definition) is 4. The second-order valence-electron chi connectivity index (χ2n) is 14.8. The fourth-order valence-electron chi connectivity index (χ4n) is 6.50. The largest absolute Gasteiger partial charge is 0.495 e. The zero-order valence-electron chi connectivity index (χ0n) is 30.6. The number of fused-ring (bicyclic) bond motifs is 1. The molecular weight excluding hydrogens is 739 g/mol. The lowest BCUT2D eigenvalue weighted by Crippen LogP contribution is -2.57. The molecule has 4 heterocycles. The standard InChI is InChI=1S/C37H42ClFN8O6S/c1-8-19-13-37(19,33(50)51)46-31(48)25-11-21(16-47(25)32(49)30(36(4,5)6)45-34-40-14-20(39)15-41-34)53-27-12-23(24-17-54-35(44-24)42-18(2)3)43-29-22(27)9-10-26(52-7)28(29)38/h8-10,12,14-15,17-19,21,25,30H,1,11,13,16H2,2-7H3,(H,42,44)(H,46,48)(H,50,51)(H,40,41,45)/t19-,21-,25+,30-,37-/m1/s1. The number of benzene rings is 1. The number of hydrogen-bond acceptors (Lipinski definition) is 12. The summed E-state index contributed by atoms with van der Waals surface area (Å²) in [6.45, 7) is 13.2. The number of pyridine rings is 1. The van der Waals surface area contributed by atoms with Crippen molar-refractivity contribution in [2.45, 2.75) is 77.2 Å². The van der Waals surface area contributed by atoms with Gasteiger partial charge < -0.3 is 35.4 Å². The highest BCUT2D eigenvalue weighted by molar-refractivity contribution is 7.14. The number of carbonyl (C=O) groups is 3. The van der Waals surface area contributed by atoms with E-state index < -0.39 is 58.7 Å². The number of ether oxygens (including phenoxy) is 2. The van der Waals surface area contributed by atoms with E-state index in [1.807, 2.05) is 40.0 Å². The highest BCUT2D eigenvalue weighted by Gasteiger charge is 2.61. The van der Waals surface area contributed by atoms with Crippen molar-refractivity contribution in [1.82, 2.24) is 30.2 Å². The van der Waals surface area contributed by atoms with Gasteiger partial charge in [-0.2, -0.15) is 0 Å². The summed E-state index contributed by atoms with van der Waals surface area (Å²) >= 11 is 8.21. The van der Waals surface area contributed by atoms with Crippen molar-refractivity contribution in [3.05, 3.63) is 59.5 Å². The third-order valence-electron chi connectivity index (χ3n) is 9.42. The molecule has 0 unspecified atom stereocenters. The van der Waals surface area contributed by atoms with Gasteiger partial charge in [0.2, 0.25) is 17.8 Å². The summed E-state index contributed by atoms with van der Waals surface area (Å²) < 4.78 is 25.8. The zero-order chi connectivity index (χ0) is 39.1. The van der Waals surface area contributed by atoms with Gasteiger partial charge in [0.1, 0.15) is 45.9 Å². The molecule has 1 saturated carbocycles. The molecule has 4 aromatic rings. The Kier molecular flexibility index (Phi) is 10.7. The summed E-state index contributed by atoms with van der Waals surface area (Å²) in [6, 6.07) is 3.26. The molecule has 2 amide bonds. The lowest BCUT2D eigenvalue weighted by Gasteiger charge is -2.35. The summed E-state index contributed by atoms with van der Waals surface area (Å²) in [5, 5.41) is 22.5. The van der Waals surface area contributed by atoms with Crippen molar-refractivity contribution in [3.8, 4) is 22.9 Å². The first-order valence-electron chi connectivity index (χ1n) is 17.3. The SMILES string of the molecule is C=C[C@@H]1C[C@]1(NC(=O)[C@@H]1C[C@@H](Oc2cc(-c3csc(NC(C)C)n3)nc3c(Cl)c(OC)ccc23)CN1C(=O)[C@@H](Nc1ncc(F)cn1)C(C)(C)C)C(=O)O. The van der Waals surface area contributed by atoms with Gasteiger partial charge in [-0.15, -0.1) is 17.9 Å². The van der Waals surface area contributed by atoms with Crippen molar-refractivity contribution in [3.63, 3.8) is 0 Å². The fraction of sp³-hybridized carbons (Fsp3) is 0.432. The number of thiazole rings is 1. The Bertz CT molecular complexity index is 2090. The molecule has 2 fully saturated rings. The number of likely N-dealkylation sites (tertiary alicyclic amines) is 1. The van der Waals surface area contributed by atoms with Crippen LogP contribution < -0.4 is 25.4 Å². The number of carboxylic acid groups (broad SMARTS) is 1. The molecular formula is C37H42ClFN8O6S. The van der Waals surface area contributed by atoms with E-state index in [0.717, 1.165) is 12.4 Å². The Morgan fingerprint density at radius 2 is 1.87 bits per heavy atom. The van der Waals surface area contributed by atoms with Crippen LogP contribution in [-0.4, -0.2) is 91.1 Å². The summed E-state index contributed by atoms with van der Waals surface area (Å²) in [4.78, 5) is 59.9. The number of anilines is 2. The molecule has 0 radical (unpaired) electrons. The van der Waals surface area contributed by atoms with Gasteiger partial charge in [-0.05, 0) is 37.8 Å². The van der Waals surface area contributed by atoms with E-state index in [2.05, 4.69) is 32.5 Å². The first kappa shape index (κ1) is 38.6. The third-order valence-corrected chi connectivity index (χ3v) is 10.6. The minimum absolute atomic E-state index is 0.0196. The van der Waals surface area contributed by atoms with Crippen LogP contribution in [-0.2, 0) is 14.4 Å². The Balaban J connectivity index is 1.37. The maximum atomic E-state index is 14.6. The van der Waals surface area contributed by atoms with E-state index in [0.29, 0.717) is 38.9 Å². The van der Waals surface area contributed by atoms with Gasteiger partial charge in [-0.25, -0.2) is 29.1 Å². The number of rotatable bonds is 13. The molecule has 14 nitrogen and oxygen atoms in total. The van der Waals surface area contributed by atoms with Crippen molar-refractivity contribution < 1.29 is 33.4 Å². The number of halogens is 2. The number of methoxy groups -OCH3 is 1. The smallest absolute Gasteiger partial charge is 0.330 e. The van der Waals surface area contributed by atoms with Gasteiger partial charge in [0, 0.05) is 35.2 Å². The van der Waals surface area contributed by atoms with Crippen molar-refractivity contribution >= 4 is 62.7 Å². The van der Waals surface area contributed by atoms with Gasteiger partial charge in [-0.1, -0.05) is 38.4 Å². The number of carboxylic acids is 1. The Labute approximate surface area is 320 Å². The highest BCUT2D eigenvalue weighted by Crippen LogP contribution is 2.45. The summed E-state index contributed by atoms with van der Waals surface area (Å²) in [5.74, 6) is -2.63. The van der Waals surface area contributed by atoms with Gasteiger partial charge in [0.25, 0.3) is 0 Å². The zero-order valence-corrected chi connectivity index (χ0v) is 32.2. The normalized spacial score (nSPS) is 21.4. The average molecular weight is 781 g/mol. The number of nitrogens with one attached hydrogen (secondary N) is 3. The summed E-state index contributed by atoms with van der Waals surface area (Å²) in [6.07, 6.45) is 2.92. The van der Waals surface area contributed by atoms with Crippen molar-refractivity contribution in [1.29, 1.82) is 0 Å². The second kappa shape index (κ2) is 15.0. The molecule has 2 aliphatic rings. The van der Waals surface area contributed by atoms with Crippen LogP contribution in [0.1, 0.15) is 47.5 Å². The maximum Gasteiger partial charge on any atom is 0.330 e. The van der Waals surface area contributed by atoms with Crippen LogP contribution in [0.2, 0.25) is 5.02 Å². The van der Waals surface area contributed by atoms with Crippen LogP contribution in [0.15, 0.2) is 48.6 Å². The van der Waals surface area contributed by atoms with Gasteiger partial charge in [0.05, 0.1) is 37.3 Å². The van der Waals surface area contributed by atoms with Crippen LogP contribution in [0.3, 0.4) is 0 Å². The number of carbonyl (C=O) groups excluding carboxylic acids is 2. The molecule has 286 valence electrons. The number of aliphatic carboxylic acids is 1. The first-order valence-corrected chi connectivity index (χ1v) is 18.6. The monoisotopic (exact) mass is 780 g/mol. The van der Waals surface area contributed by atoms with Crippen molar-refractivity contribution in [2.24, 2.45) is 11.3 Å². The topological polar surface area (TPSA) is 181 Å². The molecule has 1 aromatic carbocycles. The molecule has 6 rings (SSSR count). The lowest BCUT2D eigenvalue weighted by atomic mass is 9.85. The number of aromatic nitrogens is 4. The first-order chi connectivity index (χ1) is 25.5. The predicted octanol–water partition coefficient (Wildman–Crippen LogP) is 5.79. The Morgan fingerprint density at radius 1 is 1.15 bits per heavy atom. The quantitative estimate of drug-likeness (QED) is 0.120. The second-order valence-corrected chi connectivity index (χ2v) is 16.0. The third kappa shape index (κ3) is 7.76. The highest BCUT2D eigenvalue weighted by atomic mass is 35.5. The molecule has 0 spiro atoms. The molecule has 3 aromatic heterocycles. The van der Waals surface area contributed by atoms with Gasteiger partial charge >= 0.3 is 5.97 Å². The maximum absolute atomic E-state index is 14.6. The summed E-state index contributed by atoms with van der Waals surface area (Å²) in [5.41, 5.74) is -0.816. The lowest BCUT2D eigenvalue weighted by molar-refractivity contribution is -0.145. The minimum atomic E-state index is -1.53. The molecule has 1 aliphatic heterocycles. The average Bonchev–Trinajstić information content (AvgIpc) is 3.39. The van der Waals surface area contributed by atoms with Crippen LogP contribution in [0.4, 0.5) is 15.5 Å². The number of amides is 2. The van der Waals surface area contributed by atoms with E-state index in [-0.39, 0.29) is 36.4 Å². The fourth-order valence-corrected chi connectivity index (χ4v) is 7.64. The Hall–Kier alpha value is -5.09. The van der Waals surface area contributed by atoms with Crippen LogP contribution in [0.25, 0.3) is 22.3 Å². The van der Waals surface area contributed by atoms with Crippen LogP contribution in [0, 0.1) is 17.2 Å². The van der Waals surface area contributed by atoms with Crippen LogP contribution in [0.5, 0.6) is 11.5 Å². The van der Waals surface area contributed by atoms with Gasteiger partial charge in [-0.3, -0.25) is 9.59 Å². The number of nitrogens with zero attached hydrogens (tertiary/aromatic N) is 5. The molecule has 1 saturated heterocycles. The van der Waals surface area contributed by atoms with E-state index >= 15 is 0 Å². The molecule has 1 aliphatic carbocycles. The molecule has 5 atom stereocenters. The van der Waals surface area contributed by atoms with Crippen LogP contribution >= 0.6 is 22.9 Å². The summed E-state index contributed by atoms with van der Waals surface area (Å²) in [7, 11) is 1.50. The molecule has 17 heteroatoms. The van der Waals surface area contributed by atoms with Gasteiger partial charge in [0.15, 0.2) is 10.9 Å². The van der Waals surface area contributed by atoms with E-state index in [1.165, 1.54) is 29.4 Å². The van der Waals surface area contributed by atoms with E-state index in [9.17, 15) is 23.9 Å². The molecule has 54 heavy (non-hydrogen) atoms. The molecule has 4 N–H and O–H groups in total. The predicted molar refractivity (Wildman–Crippen MR) is 203 cm³/mol. The Morgan fingerprint density at radius 3 is 2.48 bits per heavy atom. The molecule has 0 bridgehead atoms. The van der Waals surface area contributed by atoms with E-state index in [1.54, 1.807) is 18.2 Å².